The number of aliphatic carboxylic acids is 3. The summed E-state index contributed by atoms with van der Waals surface area (Å²) < 4.78 is 18.5. The molecule has 0 aliphatic heterocycles. The SMILES string of the molecule is COc1ccc(CN(Cc2ccco2)Cc2cnc(C)n2C)c(OC)c1.O=C(O)CC(O)(CC(=O)O)C(=O)O. The summed E-state index contributed by atoms with van der Waals surface area (Å²) in [5, 5.41) is 33.8. The molecule has 0 atom stereocenters. The summed E-state index contributed by atoms with van der Waals surface area (Å²) in [7, 11) is 5.37. The first-order chi connectivity index (χ1) is 18.4. The maximum atomic E-state index is 10.3. The summed E-state index contributed by atoms with van der Waals surface area (Å²) in [6.45, 7) is 4.19. The molecule has 0 aliphatic rings. The average Bonchev–Trinajstić information content (AvgIpc) is 3.49. The Hall–Kier alpha value is -4.36. The van der Waals surface area contributed by atoms with Crippen LogP contribution in [0.4, 0.5) is 0 Å². The number of ether oxygens (including phenoxy) is 2. The number of carbonyl (C=O) groups is 3. The van der Waals surface area contributed by atoms with Crippen LogP contribution in [0.15, 0.2) is 47.2 Å². The molecule has 4 N–H and O–H groups in total. The minimum absolute atomic E-state index is 0.701. The van der Waals surface area contributed by atoms with Crippen molar-refractivity contribution in [2.45, 2.75) is 45.0 Å². The third-order valence-corrected chi connectivity index (χ3v) is 5.84. The number of aryl methyl sites for hydroxylation is 1. The first-order valence-electron chi connectivity index (χ1n) is 11.7. The molecule has 3 rings (SSSR count). The zero-order valence-corrected chi connectivity index (χ0v) is 22.2. The van der Waals surface area contributed by atoms with Crippen LogP contribution < -0.4 is 9.47 Å². The van der Waals surface area contributed by atoms with Gasteiger partial charge in [0.1, 0.15) is 23.1 Å². The van der Waals surface area contributed by atoms with E-state index in [1.54, 1.807) is 20.5 Å². The van der Waals surface area contributed by atoms with Gasteiger partial charge in [-0.2, -0.15) is 0 Å². The van der Waals surface area contributed by atoms with Gasteiger partial charge in [-0.15, -0.1) is 0 Å². The summed E-state index contributed by atoms with van der Waals surface area (Å²) in [5.74, 6) is -1.49. The molecule has 0 unspecified atom stereocenters. The number of nitrogens with zero attached hydrogens (tertiary/aromatic N) is 3. The lowest BCUT2D eigenvalue weighted by Gasteiger charge is -2.23. The molecular formula is C26H33N3O10. The standard InChI is InChI=1S/C20H25N3O3.C6H8O7/c1-15-21-11-17(22(15)2)13-23(14-19-6-5-9-26-19)12-16-7-8-18(24-3)10-20(16)25-4;7-3(8)1-6(13,5(11)12)2-4(9)10/h5-11H,12-14H2,1-4H3;13H,1-2H2,(H,7,8)(H,9,10)(H,11,12). The molecule has 0 aliphatic carbocycles. The van der Waals surface area contributed by atoms with E-state index in [0.29, 0.717) is 6.54 Å². The van der Waals surface area contributed by atoms with E-state index >= 15 is 0 Å². The minimum Gasteiger partial charge on any atom is -0.497 e. The molecule has 13 nitrogen and oxygen atoms in total. The Kier molecular flexibility index (Phi) is 11.1. The highest BCUT2D eigenvalue weighted by atomic mass is 16.5. The number of hydrogen-bond acceptors (Lipinski definition) is 9. The van der Waals surface area contributed by atoms with Crippen molar-refractivity contribution in [1.29, 1.82) is 0 Å². The lowest BCUT2D eigenvalue weighted by atomic mass is 9.96. The highest BCUT2D eigenvalue weighted by molar-refractivity contribution is 5.88. The number of aromatic nitrogens is 2. The number of aliphatic hydroxyl groups is 1. The predicted octanol–water partition coefficient (Wildman–Crippen LogP) is 2.29. The van der Waals surface area contributed by atoms with Crippen molar-refractivity contribution in [1.82, 2.24) is 14.5 Å². The molecule has 0 saturated carbocycles. The molecule has 3 aromatic rings. The summed E-state index contributed by atoms with van der Waals surface area (Å²) in [6, 6.07) is 9.81. The van der Waals surface area contributed by atoms with Gasteiger partial charge < -0.3 is 38.9 Å². The normalized spacial score (nSPS) is 11.0. The first-order valence-corrected chi connectivity index (χ1v) is 11.7. The van der Waals surface area contributed by atoms with E-state index in [1.165, 1.54) is 0 Å². The van der Waals surface area contributed by atoms with Crippen molar-refractivity contribution >= 4 is 17.9 Å². The zero-order chi connectivity index (χ0) is 29.2. The summed E-state index contributed by atoms with van der Waals surface area (Å²) >= 11 is 0. The maximum Gasteiger partial charge on any atom is 0.336 e. The van der Waals surface area contributed by atoms with Crippen LogP contribution in [0, 0.1) is 6.92 Å². The summed E-state index contributed by atoms with van der Waals surface area (Å²) in [5.41, 5.74) is -0.488. The molecule has 0 amide bonds. The number of rotatable bonds is 13. The zero-order valence-electron chi connectivity index (χ0n) is 22.2. The minimum atomic E-state index is -2.74. The Bertz CT molecular complexity index is 1240. The van der Waals surface area contributed by atoms with Gasteiger partial charge in [-0.05, 0) is 25.1 Å². The van der Waals surface area contributed by atoms with E-state index in [4.69, 9.17) is 34.3 Å². The van der Waals surface area contributed by atoms with Crippen LogP contribution in [0.2, 0.25) is 0 Å². The number of furan rings is 1. The number of carboxylic acid groups (broad SMARTS) is 3. The molecule has 2 heterocycles. The molecular weight excluding hydrogens is 514 g/mol. The van der Waals surface area contributed by atoms with Crippen molar-refractivity contribution in [3.8, 4) is 11.5 Å². The van der Waals surface area contributed by atoms with Crippen molar-refractivity contribution in [3.05, 3.63) is 65.6 Å². The van der Waals surface area contributed by atoms with Crippen LogP contribution in [-0.2, 0) is 41.1 Å². The molecule has 2 aromatic heterocycles. The van der Waals surface area contributed by atoms with E-state index in [1.807, 2.05) is 50.5 Å². The fraction of sp³-hybridized carbons (Fsp3) is 0.385. The van der Waals surface area contributed by atoms with Gasteiger partial charge in [-0.25, -0.2) is 9.78 Å². The quantitative estimate of drug-likeness (QED) is 0.245. The molecule has 13 heteroatoms. The lowest BCUT2D eigenvalue weighted by molar-refractivity contribution is -0.170. The highest BCUT2D eigenvalue weighted by Gasteiger charge is 2.40. The maximum absolute atomic E-state index is 10.3. The number of methoxy groups -OCH3 is 2. The van der Waals surface area contributed by atoms with Crippen molar-refractivity contribution in [2.75, 3.05) is 14.2 Å². The van der Waals surface area contributed by atoms with Gasteiger partial charge in [0.05, 0.1) is 45.6 Å². The molecule has 0 saturated heterocycles. The Balaban J connectivity index is 0.000000349. The van der Waals surface area contributed by atoms with E-state index in [-0.39, 0.29) is 0 Å². The highest BCUT2D eigenvalue weighted by Crippen LogP contribution is 2.27. The smallest absolute Gasteiger partial charge is 0.336 e. The molecule has 1 aromatic carbocycles. The van der Waals surface area contributed by atoms with Crippen molar-refractivity contribution < 1.29 is 48.7 Å². The largest absolute Gasteiger partial charge is 0.497 e. The Morgan fingerprint density at radius 2 is 1.69 bits per heavy atom. The van der Waals surface area contributed by atoms with Gasteiger partial charge in [0.15, 0.2) is 5.60 Å². The fourth-order valence-electron chi connectivity index (χ4n) is 3.65. The molecule has 0 bridgehead atoms. The van der Waals surface area contributed by atoms with E-state index in [9.17, 15) is 14.4 Å². The molecule has 39 heavy (non-hydrogen) atoms. The summed E-state index contributed by atoms with van der Waals surface area (Å²) in [6.07, 6.45) is 1.34. The van der Waals surface area contributed by atoms with Crippen LogP contribution in [0.25, 0.3) is 0 Å². The van der Waals surface area contributed by atoms with Crippen LogP contribution in [0.3, 0.4) is 0 Å². The second kappa shape index (κ2) is 14.0. The molecule has 0 radical (unpaired) electrons. The topological polar surface area (TPSA) is 185 Å². The van der Waals surface area contributed by atoms with Crippen molar-refractivity contribution in [2.24, 2.45) is 7.05 Å². The predicted molar refractivity (Wildman–Crippen MR) is 136 cm³/mol. The summed E-state index contributed by atoms with van der Waals surface area (Å²) in [4.78, 5) is 37.2. The van der Waals surface area contributed by atoms with Crippen LogP contribution in [-0.4, -0.2) is 72.6 Å². The van der Waals surface area contributed by atoms with Gasteiger partial charge in [0, 0.05) is 38.0 Å². The Labute approximate surface area is 224 Å². The Morgan fingerprint density at radius 1 is 1.03 bits per heavy atom. The third-order valence-electron chi connectivity index (χ3n) is 5.84. The Morgan fingerprint density at radius 3 is 2.15 bits per heavy atom. The van der Waals surface area contributed by atoms with E-state index in [0.717, 1.165) is 47.4 Å². The molecule has 0 spiro atoms. The lowest BCUT2D eigenvalue weighted by Crippen LogP contribution is -2.42. The number of imidazole rings is 1. The second-order valence-electron chi connectivity index (χ2n) is 8.74. The molecule has 212 valence electrons. The van der Waals surface area contributed by atoms with Gasteiger partial charge >= 0.3 is 17.9 Å². The number of hydrogen-bond donors (Lipinski definition) is 4. The van der Waals surface area contributed by atoms with Crippen LogP contribution in [0.1, 0.15) is 35.7 Å². The average molecular weight is 548 g/mol. The fourth-order valence-corrected chi connectivity index (χ4v) is 3.65. The van der Waals surface area contributed by atoms with Gasteiger partial charge in [0.25, 0.3) is 0 Å². The second-order valence-corrected chi connectivity index (χ2v) is 8.74. The van der Waals surface area contributed by atoms with Crippen LogP contribution >= 0.6 is 0 Å². The van der Waals surface area contributed by atoms with Gasteiger partial charge in [0.2, 0.25) is 0 Å². The van der Waals surface area contributed by atoms with Crippen LogP contribution in [0.5, 0.6) is 11.5 Å². The third kappa shape index (κ3) is 9.16. The van der Waals surface area contributed by atoms with Gasteiger partial charge in [-0.3, -0.25) is 14.5 Å². The van der Waals surface area contributed by atoms with E-state index < -0.39 is 36.4 Å². The van der Waals surface area contributed by atoms with Crippen molar-refractivity contribution in [3.63, 3.8) is 0 Å². The van der Waals surface area contributed by atoms with Gasteiger partial charge in [-0.1, -0.05) is 6.07 Å². The van der Waals surface area contributed by atoms with E-state index in [2.05, 4.69) is 14.5 Å². The number of benzene rings is 1. The molecule has 0 fully saturated rings. The monoisotopic (exact) mass is 547 g/mol. The first kappa shape index (κ1) is 30.9. The number of carboxylic acids is 3.